The van der Waals surface area contributed by atoms with Gasteiger partial charge in [-0.15, -0.1) is 0 Å². The van der Waals surface area contributed by atoms with Crippen molar-refractivity contribution in [1.82, 2.24) is 10.2 Å². The molecule has 0 radical (unpaired) electrons. The summed E-state index contributed by atoms with van der Waals surface area (Å²) in [5.41, 5.74) is 5.47. The fourth-order valence-electron chi connectivity index (χ4n) is 2.49. The van der Waals surface area contributed by atoms with E-state index in [1.807, 2.05) is 39.5 Å². The molecule has 0 bridgehead atoms. The molecule has 6 nitrogen and oxygen atoms in total. The van der Waals surface area contributed by atoms with Crippen LogP contribution in [0.15, 0.2) is 0 Å². The van der Waals surface area contributed by atoms with E-state index in [-0.39, 0.29) is 17.9 Å². The van der Waals surface area contributed by atoms with E-state index in [4.69, 9.17) is 10.5 Å². The van der Waals surface area contributed by atoms with E-state index in [2.05, 4.69) is 5.32 Å². The van der Waals surface area contributed by atoms with Crippen LogP contribution in [0, 0.1) is 5.92 Å². The number of likely N-dealkylation sites (tertiary alicyclic amines) is 1. The highest BCUT2D eigenvalue weighted by Crippen LogP contribution is 2.19. The molecule has 0 aromatic rings. The van der Waals surface area contributed by atoms with Crippen molar-refractivity contribution in [2.24, 2.45) is 11.7 Å². The van der Waals surface area contributed by atoms with Crippen LogP contribution in [0.25, 0.3) is 0 Å². The standard InChI is InChI=1S/C16H31N3O3/c1-11(2)13(17)14(20)19-9-7-6-8-12(19)10-18-15(21)22-16(3,4)5/h11-13H,6-10,17H2,1-5H3,(H,18,21)/t12?,13-/m0/s1. The molecule has 128 valence electrons. The third kappa shape index (κ3) is 5.83. The lowest BCUT2D eigenvalue weighted by molar-refractivity contribution is -0.137. The van der Waals surface area contributed by atoms with Crippen molar-refractivity contribution < 1.29 is 14.3 Å². The van der Waals surface area contributed by atoms with Crippen molar-refractivity contribution in [3.63, 3.8) is 0 Å². The molecule has 0 aliphatic carbocycles. The number of nitrogens with two attached hydrogens (primary N) is 1. The smallest absolute Gasteiger partial charge is 0.407 e. The average Bonchev–Trinajstić information content (AvgIpc) is 2.42. The predicted octanol–water partition coefficient (Wildman–Crippen LogP) is 1.88. The highest BCUT2D eigenvalue weighted by molar-refractivity contribution is 5.82. The van der Waals surface area contributed by atoms with E-state index in [0.29, 0.717) is 13.1 Å². The highest BCUT2D eigenvalue weighted by atomic mass is 16.6. The third-order valence-corrected chi connectivity index (χ3v) is 3.79. The van der Waals surface area contributed by atoms with Gasteiger partial charge >= 0.3 is 6.09 Å². The molecule has 1 rings (SSSR count). The largest absolute Gasteiger partial charge is 0.444 e. The summed E-state index contributed by atoms with van der Waals surface area (Å²) in [7, 11) is 0. The normalized spacial score (nSPS) is 20.7. The van der Waals surface area contributed by atoms with Crippen LogP contribution in [-0.2, 0) is 9.53 Å². The minimum Gasteiger partial charge on any atom is -0.444 e. The number of ether oxygens (including phenoxy) is 1. The first kappa shape index (κ1) is 18.7. The van der Waals surface area contributed by atoms with E-state index in [9.17, 15) is 9.59 Å². The van der Waals surface area contributed by atoms with E-state index in [0.717, 1.165) is 19.3 Å². The molecular formula is C16H31N3O3. The van der Waals surface area contributed by atoms with Gasteiger partial charge in [0.2, 0.25) is 5.91 Å². The van der Waals surface area contributed by atoms with Gasteiger partial charge in [0.25, 0.3) is 0 Å². The molecule has 1 heterocycles. The van der Waals surface area contributed by atoms with Crippen molar-refractivity contribution >= 4 is 12.0 Å². The first-order valence-corrected chi connectivity index (χ1v) is 8.14. The Morgan fingerprint density at radius 2 is 1.95 bits per heavy atom. The molecule has 1 unspecified atom stereocenters. The Morgan fingerprint density at radius 1 is 1.32 bits per heavy atom. The van der Waals surface area contributed by atoms with Gasteiger partial charge in [-0.05, 0) is 46.0 Å². The SMILES string of the molecule is CC(C)[C@H](N)C(=O)N1CCCCC1CNC(=O)OC(C)(C)C. The number of amides is 2. The van der Waals surface area contributed by atoms with Crippen LogP contribution < -0.4 is 11.1 Å². The van der Waals surface area contributed by atoms with Crippen LogP contribution in [0.4, 0.5) is 4.79 Å². The second-order valence-electron chi connectivity index (χ2n) is 7.33. The number of carbonyl (C=O) groups excluding carboxylic acids is 2. The predicted molar refractivity (Wildman–Crippen MR) is 86.4 cm³/mol. The van der Waals surface area contributed by atoms with Gasteiger partial charge in [-0.2, -0.15) is 0 Å². The Balaban J connectivity index is 2.59. The first-order valence-electron chi connectivity index (χ1n) is 8.14. The van der Waals surface area contributed by atoms with Crippen LogP contribution in [0.3, 0.4) is 0 Å². The molecule has 0 saturated carbocycles. The Hall–Kier alpha value is -1.30. The average molecular weight is 313 g/mol. The maximum absolute atomic E-state index is 12.5. The fourth-order valence-corrected chi connectivity index (χ4v) is 2.49. The lowest BCUT2D eigenvalue weighted by Crippen LogP contribution is -2.55. The van der Waals surface area contributed by atoms with Gasteiger partial charge in [0, 0.05) is 19.1 Å². The number of alkyl carbamates (subject to hydrolysis) is 1. The van der Waals surface area contributed by atoms with Crippen LogP contribution in [0.1, 0.15) is 53.9 Å². The number of rotatable bonds is 4. The van der Waals surface area contributed by atoms with Crippen molar-refractivity contribution in [1.29, 1.82) is 0 Å². The molecule has 1 aliphatic heterocycles. The topological polar surface area (TPSA) is 84.7 Å². The summed E-state index contributed by atoms with van der Waals surface area (Å²) in [6.45, 7) is 10.5. The number of hydrogen-bond acceptors (Lipinski definition) is 4. The van der Waals surface area contributed by atoms with Gasteiger partial charge < -0.3 is 20.7 Å². The van der Waals surface area contributed by atoms with Crippen molar-refractivity contribution in [2.45, 2.75) is 71.6 Å². The second kappa shape index (κ2) is 7.81. The molecule has 1 fully saturated rings. The first-order chi connectivity index (χ1) is 10.1. The maximum atomic E-state index is 12.5. The van der Waals surface area contributed by atoms with Crippen molar-refractivity contribution in [2.75, 3.05) is 13.1 Å². The zero-order valence-electron chi connectivity index (χ0n) is 14.5. The van der Waals surface area contributed by atoms with E-state index in [1.54, 1.807) is 0 Å². The monoisotopic (exact) mass is 313 g/mol. The van der Waals surface area contributed by atoms with Gasteiger partial charge in [0.05, 0.1) is 6.04 Å². The maximum Gasteiger partial charge on any atom is 0.407 e. The quantitative estimate of drug-likeness (QED) is 0.830. The number of carbonyl (C=O) groups is 2. The van der Waals surface area contributed by atoms with E-state index >= 15 is 0 Å². The molecule has 0 spiro atoms. The summed E-state index contributed by atoms with van der Waals surface area (Å²) in [5, 5.41) is 2.77. The zero-order chi connectivity index (χ0) is 16.9. The molecule has 2 amide bonds. The summed E-state index contributed by atoms with van der Waals surface area (Å²) in [4.78, 5) is 26.1. The summed E-state index contributed by atoms with van der Waals surface area (Å²) in [6, 6.07) is -0.485. The summed E-state index contributed by atoms with van der Waals surface area (Å²) >= 11 is 0. The Labute approximate surface area is 133 Å². The highest BCUT2D eigenvalue weighted by Gasteiger charge is 2.31. The number of hydrogen-bond donors (Lipinski definition) is 2. The molecule has 1 saturated heterocycles. The van der Waals surface area contributed by atoms with Gasteiger partial charge in [-0.25, -0.2) is 4.79 Å². The third-order valence-electron chi connectivity index (χ3n) is 3.79. The lowest BCUT2D eigenvalue weighted by Gasteiger charge is -2.38. The van der Waals surface area contributed by atoms with Gasteiger partial charge in [-0.3, -0.25) is 4.79 Å². The van der Waals surface area contributed by atoms with Crippen LogP contribution in [-0.4, -0.2) is 47.7 Å². The number of piperidine rings is 1. The van der Waals surface area contributed by atoms with Crippen molar-refractivity contribution in [3.8, 4) is 0 Å². The second-order valence-corrected chi connectivity index (χ2v) is 7.33. The summed E-state index contributed by atoms with van der Waals surface area (Å²) in [6.07, 6.45) is 2.48. The summed E-state index contributed by atoms with van der Waals surface area (Å²) in [5.74, 6) is 0.0829. The molecule has 1 aliphatic rings. The van der Waals surface area contributed by atoms with Crippen molar-refractivity contribution in [3.05, 3.63) is 0 Å². The zero-order valence-corrected chi connectivity index (χ0v) is 14.5. The number of nitrogens with zero attached hydrogens (tertiary/aromatic N) is 1. The lowest BCUT2D eigenvalue weighted by atomic mass is 9.98. The van der Waals surface area contributed by atoms with Gasteiger partial charge in [0.15, 0.2) is 0 Å². The molecule has 2 atom stereocenters. The van der Waals surface area contributed by atoms with E-state index in [1.165, 1.54) is 0 Å². The minimum absolute atomic E-state index is 0.00133. The molecule has 6 heteroatoms. The van der Waals surface area contributed by atoms with Gasteiger partial charge in [0.1, 0.15) is 5.60 Å². The molecule has 22 heavy (non-hydrogen) atoms. The van der Waals surface area contributed by atoms with E-state index < -0.39 is 17.7 Å². The van der Waals surface area contributed by atoms with Crippen LogP contribution in [0.2, 0.25) is 0 Å². The molecule has 0 aromatic heterocycles. The molecule has 0 aromatic carbocycles. The fraction of sp³-hybridized carbons (Fsp3) is 0.875. The minimum atomic E-state index is -0.522. The molecular weight excluding hydrogens is 282 g/mol. The Morgan fingerprint density at radius 3 is 2.50 bits per heavy atom. The molecule has 3 N–H and O–H groups in total. The Kier molecular flexibility index (Phi) is 6.66. The number of nitrogens with one attached hydrogen (secondary N) is 1. The van der Waals surface area contributed by atoms with Crippen LogP contribution in [0.5, 0.6) is 0 Å². The summed E-state index contributed by atoms with van der Waals surface area (Å²) < 4.78 is 5.23. The van der Waals surface area contributed by atoms with Crippen LogP contribution >= 0.6 is 0 Å². The Bertz CT molecular complexity index is 391. The van der Waals surface area contributed by atoms with Gasteiger partial charge in [-0.1, -0.05) is 13.8 Å².